The highest BCUT2D eigenvalue weighted by molar-refractivity contribution is 6.30. The molecule has 2 aromatic carbocycles. The zero-order valence-electron chi connectivity index (χ0n) is 11.6. The molecule has 0 aromatic heterocycles. The molecule has 0 fully saturated rings. The van der Waals surface area contributed by atoms with Gasteiger partial charge < -0.3 is 15.2 Å². The monoisotopic (exact) mass is 291 g/mol. The van der Waals surface area contributed by atoms with Crippen molar-refractivity contribution in [2.75, 3.05) is 7.11 Å². The van der Waals surface area contributed by atoms with Crippen LogP contribution in [0, 0.1) is 0 Å². The van der Waals surface area contributed by atoms with Crippen LogP contribution in [0.15, 0.2) is 42.5 Å². The molecular formula is C16H18ClNO2. The maximum atomic E-state index is 5.96. The van der Waals surface area contributed by atoms with E-state index >= 15 is 0 Å². The van der Waals surface area contributed by atoms with E-state index in [4.69, 9.17) is 26.8 Å². The summed E-state index contributed by atoms with van der Waals surface area (Å²) in [5.41, 5.74) is 7.92. The smallest absolute Gasteiger partial charge is 0.128 e. The van der Waals surface area contributed by atoms with Gasteiger partial charge in [-0.25, -0.2) is 0 Å². The largest absolute Gasteiger partial charge is 0.497 e. The Morgan fingerprint density at radius 2 is 2.00 bits per heavy atom. The molecule has 2 N–H and O–H groups in total. The van der Waals surface area contributed by atoms with E-state index in [0.29, 0.717) is 11.6 Å². The van der Waals surface area contributed by atoms with E-state index in [1.807, 2.05) is 49.4 Å². The first-order valence-electron chi connectivity index (χ1n) is 6.41. The predicted octanol–water partition coefficient (Wildman–Crippen LogP) is 3.95. The van der Waals surface area contributed by atoms with E-state index in [1.54, 1.807) is 7.11 Å². The van der Waals surface area contributed by atoms with Crippen LogP contribution in [-0.4, -0.2) is 7.11 Å². The maximum Gasteiger partial charge on any atom is 0.128 e. The van der Waals surface area contributed by atoms with Crippen molar-refractivity contribution in [1.82, 2.24) is 0 Å². The molecule has 4 heteroatoms. The van der Waals surface area contributed by atoms with Gasteiger partial charge in [-0.15, -0.1) is 0 Å². The molecule has 0 bridgehead atoms. The average molecular weight is 292 g/mol. The van der Waals surface area contributed by atoms with Crippen molar-refractivity contribution < 1.29 is 9.47 Å². The standard InChI is InChI=1S/C16H18ClNO2/c1-11(18)15-7-6-14(19-2)9-16(15)20-10-12-4-3-5-13(17)8-12/h3-9,11H,10,18H2,1-2H3/t11-/m0/s1. The number of halogens is 1. The van der Waals surface area contributed by atoms with Crippen molar-refractivity contribution in [3.8, 4) is 11.5 Å². The van der Waals surface area contributed by atoms with Crippen LogP contribution >= 0.6 is 11.6 Å². The fraction of sp³-hybridized carbons (Fsp3) is 0.250. The van der Waals surface area contributed by atoms with E-state index in [9.17, 15) is 0 Å². The lowest BCUT2D eigenvalue weighted by molar-refractivity contribution is 0.299. The molecule has 20 heavy (non-hydrogen) atoms. The zero-order valence-corrected chi connectivity index (χ0v) is 12.4. The van der Waals surface area contributed by atoms with Gasteiger partial charge in [0.15, 0.2) is 0 Å². The molecule has 2 rings (SSSR count). The first kappa shape index (κ1) is 14.7. The molecule has 0 unspecified atom stereocenters. The van der Waals surface area contributed by atoms with Gasteiger partial charge in [0.05, 0.1) is 7.11 Å². The highest BCUT2D eigenvalue weighted by Crippen LogP contribution is 2.29. The second-order valence-electron chi connectivity index (χ2n) is 4.61. The molecule has 3 nitrogen and oxygen atoms in total. The van der Waals surface area contributed by atoms with Crippen molar-refractivity contribution in [2.45, 2.75) is 19.6 Å². The highest BCUT2D eigenvalue weighted by Gasteiger charge is 2.10. The Balaban J connectivity index is 2.19. The SMILES string of the molecule is COc1ccc([C@H](C)N)c(OCc2cccc(Cl)c2)c1. The topological polar surface area (TPSA) is 44.5 Å². The predicted molar refractivity (Wildman–Crippen MR) is 81.4 cm³/mol. The normalized spacial score (nSPS) is 12.0. The van der Waals surface area contributed by atoms with Gasteiger partial charge >= 0.3 is 0 Å². The minimum Gasteiger partial charge on any atom is -0.497 e. The maximum absolute atomic E-state index is 5.96. The third-order valence-corrected chi connectivity index (χ3v) is 3.23. The van der Waals surface area contributed by atoms with Gasteiger partial charge in [-0.1, -0.05) is 29.8 Å². The number of rotatable bonds is 5. The van der Waals surface area contributed by atoms with Gasteiger partial charge in [0, 0.05) is 22.7 Å². The van der Waals surface area contributed by atoms with Crippen LogP contribution in [0.1, 0.15) is 24.1 Å². The molecule has 0 spiro atoms. The van der Waals surface area contributed by atoms with E-state index in [0.717, 1.165) is 22.6 Å². The van der Waals surface area contributed by atoms with Crippen LogP contribution in [0.2, 0.25) is 5.02 Å². The number of benzene rings is 2. The van der Waals surface area contributed by atoms with Crippen molar-refractivity contribution in [2.24, 2.45) is 5.73 Å². The summed E-state index contributed by atoms with van der Waals surface area (Å²) >= 11 is 5.96. The minimum absolute atomic E-state index is 0.102. The fourth-order valence-corrected chi connectivity index (χ4v) is 2.14. The van der Waals surface area contributed by atoms with Gasteiger partial charge in [0.1, 0.15) is 18.1 Å². The molecule has 1 atom stereocenters. The highest BCUT2D eigenvalue weighted by atomic mass is 35.5. The second kappa shape index (κ2) is 6.64. The molecule has 0 saturated heterocycles. The summed E-state index contributed by atoms with van der Waals surface area (Å²) in [4.78, 5) is 0. The Morgan fingerprint density at radius 1 is 1.20 bits per heavy atom. The third-order valence-electron chi connectivity index (χ3n) is 2.99. The summed E-state index contributed by atoms with van der Waals surface area (Å²) in [5, 5.41) is 0.698. The fourth-order valence-electron chi connectivity index (χ4n) is 1.93. The molecule has 0 heterocycles. The summed E-state index contributed by atoms with van der Waals surface area (Å²) in [5.74, 6) is 1.48. The van der Waals surface area contributed by atoms with Crippen LogP contribution in [0.4, 0.5) is 0 Å². The molecule has 0 radical (unpaired) electrons. The number of ether oxygens (including phenoxy) is 2. The number of hydrogen-bond donors (Lipinski definition) is 1. The Bertz CT molecular complexity index is 584. The molecule has 0 amide bonds. The molecule has 0 aliphatic rings. The van der Waals surface area contributed by atoms with Gasteiger partial charge in [-0.05, 0) is 30.7 Å². The number of hydrogen-bond acceptors (Lipinski definition) is 3. The lowest BCUT2D eigenvalue weighted by Crippen LogP contribution is -2.08. The summed E-state index contributed by atoms with van der Waals surface area (Å²) < 4.78 is 11.1. The molecule has 0 saturated carbocycles. The van der Waals surface area contributed by atoms with Crippen molar-refractivity contribution in [1.29, 1.82) is 0 Å². The van der Waals surface area contributed by atoms with Crippen LogP contribution in [0.3, 0.4) is 0 Å². The first-order chi connectivity index (χ1) is 9.60. The number of nitrogens with two attached hydrogens (primary N) is 1. The van der Waals surface area contributed by atoms with Crippen molar-refractivity contribution >= 4 is 11.6 Å². The number of methoxy groups -OCH3 is 1. The van der Waals surface area contributed by atoms with Gasteiger partial charge in [-0.3, -0.25) is 0 Å². The van der Waals surface area contributed by atoms with Crippen molar-refractivity contribution in [3.05, 3.63) is 58.6 Å². The summed E-state index contributed by atoms with van der Waals surface area (Å²) in [7, 11) is 1.63. The van der Waals surface area contributed by atoms with E-state index in [1.165, 1.54) is 0 Å². The van der Waals surface area contributed by atoms with E-state index < -0.39 is 0 Å². The van der Waals surface area contributed by atoms with Crippen LogP contribution in [0.25, 0.3) is 0 Å². The van der Waals surface area contributed by atoms with Gasteiger partial charge in [0.2, 0.25) is 0 Å². The lowest BCUT2D eigenvalue weighted by atomic mass is 10.1. The minimum atomic E-state index is -0.102. The quantitative estimate of drug-likeness (QED) is 0.907. The van der Waals surface area contributed by atoms with Crippen LogP contribution < -0.4 is 15.2 Å². The molecule has 2 aromatic rings. The molecule has 0 aliphatic heterocycles. The summed E-state index contributed by atoms with van der Waals surface area (Å²) in [6.07, 6.45) is 0. The zero-order chi connectivity index (χ0) is 14.5. The Kier molecular flexibility index (Phi) is 4.88. The van der Waals surface area contributed by atoms with Crippen molar-refractivity contribution in [3.63, 3.8) is 0 Å². The average Bonchev–Trinajstić information content (AvgIpc) is 2.44. The van der Waals surface area contributed by atoms with Crippen LogP contribution in [-0.2, 0) is 6.61 Å². The summed E-state index contributed by atoms with van der Waals surface area (Å²) in [6.45, 7) is 2.36. The third kappa shape index (κ3) is 3.65. The molecular weight excluding hydrogens is 274 g/mol. The second-order valence-corrected chi connectivity index (χ2v) is 5.05. The lowest BCUT2D eigenvalue weighted by Gasteiger charge is -2.15. The molecule has 0 aliphatic carbocycles. The Labute approximate surface area is 124 Å². The van der Waals surface area contributed by atoms with E-state index in [2.05, 4.69) is 0 Å². The summed E-state index contributed by atoms with van der Waals surface area (Å²) in [6, 6.07) is 13.1. The van der Waals surface area contributed by atoms with Gasteiger partial charge in [-0.2, -0.15) is 0 Å². The van der Waals surface area contributed by atoms with Gasteiger partial charge in [0.25, 0.3) is 0 Å². The van der Waals surface area contributed by atoms with E-state index in [-0.39, 0.29) is 6.04 Å². The Hall–Kier alpha value is -1.71. The molecule has 106 valence electrons. The first-order valence-corrected chi connectivity index (χ1v) is 6.78. The van der Waals surface area contributed by atoms with Crippen LogP contribution in [0.5, 0.6) is 11.5 Å². The Morgan fingerprint density at radius 3 is 2.65 bits per heavy atom.